The van der Waals surface area contributed by atoms with Gasteiger partial charge in [0.15, 0.2) is 0 Å². The maximum atomic E-state index is 11.8. The van der Waals surface area contributed by atoms with Crippen LogP contribution < -0.4 is 15.4 Å². The molecule has 0 radical (unpaired) electrons. The molecule has 7 nitrogen and oxygen atoms in total. The zero-order valence-electron chi connectivity index (χ0n) is 13.0. The van der Waals surface area contributed by atoms with E-state index >= 15 is 0 Å². The Morgan fingerprint density at radius 3 is 2.22 bits per heavy atom. The quantitative estimate of drug-likeness (QED) is 0.726. The van der Waals surface area contributed by atoms with Crippen molar-refractivity contribution in [2.75, 3.05) is 22.8 Å². The number of carbonyl (C=O) groups is 2. The predicted octanol–water partition coefficient (Wildman–Crippen LogP) is 1.30. The smallest absolute Gasteiger partial charge is 0.243 e. The highest BCUT2D eigenvalue weighted by Gasteiger charge is 2.22. The standard InChI is InChI=1S/C15H21N3O4S/c1-23(21,22)18-13-8-6-12(7-9-13)17-14(19)10-16-15(20)11-4-2-3-5-11/h6-9,11,18H,2-5,10H2,1H3,(H,16,20)(H,17,19). The van der Waals surface area contributed by atoms with Gasteiger partial charge in [-0.1, -0.05) is 12.8 Å². The summed E-state index contributed by atoms with van der Waals surface area (Å²) in [6, 6.07) is 6.27. The van der Waals surface area contributed by atoms with Crippen LogP contribution in [0.2, 0.25) is 0 Å². The molecule has 1 aromatic rings. The second-order valence-corrected chi connectivity index (χ2v) is 7.45. The third-order valence-electron chi connectivity index (χ3n) is 3.62. The summed E-state index contributed by atoms with van der Waals surface area (Å²) in [5, 5.41) is 5.29. The highest BCUT2D eigenvalue weighted by molar-refractivity contribution is 7.92. The van der Waals surface area contributed by atoms with Gasteiger partial charge in [0.1, 0.15) is 0 Å². The first-order valence-corrected chi connectivity index (χ1v) is 9.38. The fourth-order valence-corrected chi connectivity index (χ4v) is 3.10. The normalized spacial score (nSPS) is 15.2. The van der Waals surface area contributed by atoms with Crippen molar-refractivity contribution in [1.82, 2.24) is 5.32 Å². The molecule has 2 rings (SSSR count). The lowest BCUT2D eigenvalue weighted by Crippen LogP contribution is -2.36. The molecule has 1 aliphatic carbocycles. The molecule has 0 aliphatic heterocycles. The summed E-state index contributed by atoms with van der Waals surface area (Å²) in [6.07, 6.45) is 4.98. The van der Waals surface area contributed by atoms with Gasteiger partial charge in [0.2, 0.25) is 21.8 Å². The maximum absolute atomic E-state index is 11.8. The Morgan fingerprint density at radius 2 is 1.65 bits per heavy atom. The average molecular weight is 339 g/mol. The molecule has 0 unspecified atom stereocenters. The first-order chi connectivity index (χ1) is 10.8. The van der Waals surface area contributed by atoms with E-state index < -0.39 is 10.0 Å². The molecule has 126 valence electrons. The van der Waals surface area contributed by atoms with Crippen molar-refractivity contribution in [2.24, 2.45) is 5.92 Å². The molecule has 0 atom stereocenters. The monoisotopic (exact) mass is 339 g/mol. The van der Waals surface area contributed by atoms with Crippen molar-refractivity contribution in [3.05, 3.63) is 24.3 Å². The lowest BCUT2D eigenvalue weighted by Gasteiger charge is -2.11. The molecule has 23 heavy (non-hydrogen) atoms. The third-order valence-corrected chi connectivity index (χ3v) is 4.23. The Balaban J connectivity index is 1.79. The molecular formula is C15H21N3O4S. The van der Waals surface area contributed by atoms with Gasteiger partial charge < -0.3 is 10.6 Å². The molecule has 0 spiro atoms. The SMILES string of the molecule is CS(=O)(=O)Nc1ccc(NC(=O)CNC(=O)C2CCCC2)cc1. The lowest BCUT2D eigenvalue weighted by molar-refractivity contribution is -0.127. The zero-order chi connectivity index (χ0) is 16.9. The van der Waals surface area contributed by atoms with Crippen LogP contribution in [0.1, 0.15) is 25.7 Å². The van der Waals surface area contributed by atoms with Gasteiger partial charge in [-0.05, 0) is 37.1 Å². The van der Waals surface area contributed by atoms with Crippen LogP contribution in [0.4, 0.5) is 11.4 Å². The van der Waals surface area contributed by atoms with Gasteiger partial charge in [-0.15, -0.1) is 0 Å². The fraction of sp³-hybridized carbons (Fsp3) is 0.467. The van der Waals surface area contributed by atoms with Gasteiger partial charge >= 0.3 is 0 Å². The molecule has 1 fully saturated rings. The minimum absolute atomic E-state index is 0.0316. The molecule has 0 heterocycles. The number of amides is 2. The zero-order valence-corrected chi connectivity index (χ0v) is 13.8. The molecule has 8 heteroatoms. The Labute approximate surface area is 135 Å². The van der Waals surface area contributed by atoms with E-state index in [1.54, 1.807) is 24.3 Å². The van der Waals surface area contributed by atoms with Crippen LogP contribution in [0, 0.1) is 5.92 Å². The third kappa shape index (κ3) is 5.90. The largest absolute Gasteiger partial charge is 0.347 e. The summed E-state index contributed by atoms with van der Waals surface area (Å²) in [5.41, 5.74) is 0.948. The van der Waals surface area contributed by atoms with Crippen LogP contribution in [-0.2, 0) is 19.6 Å². The lowest BCUT2D eigenvalue weighted by atomic mass is 10.1. The fourth-order valence-electron chi connectivity index (χ4n) is 2.54. The first kappa shape index (κ1) is 17.3. The Kier molecular flexibility index (Phi) is 5.59. The van der Waals surface area contributed by atoms with Gasteiger partial charge in [-0.3, -0.25) is 14.3 Å². The number of benzene rings is 1. The number of rotatable bonds is 6. The van der Waals surface area contributed by atoms with E-state index in [1.807, 2.05) is 0 Å². The van der Waals surface area contributed by atoms with Crippen molar-refractivity contribution in [3.63, 3.8) is 0 Å². The van der Waals surface area contributed by atoms with Crippen LogP contribution >= 0.6 is 0 Å². The van der Waals surface area contributed by atoms with E-state index in [4.69, 9.17) is 0 Å². The van der Waals surface area contributed by atoms with E-state index in [2.05, 4.69) is 15.4 Å². The van der Waals surface area contributed by atoms with E-state index in [9.17, 15) is 18.0 Å². The average Bonchev–Trinajstić information content (AvgIpc) is 2.99. The van der Waals surface area contributed by atoms with Crippen molar-refractivity contribution >= 4 is 33.2 Å². The molecule has 2 amide bonds. The van der Waals surface area contributed by atoms with Gasteiger partial charge in [0.25, 0.3) is 0 Å². The van der Waals surface area contributed by atoms with E-state index in [0.29, 0.717) is 11.4 Å². The number of nitrogens with one attached hydrogen (secondary N) is 3. The van der Waals surface area contributed by atoms with Crippen LogP contribution in [-0.4, -0.2) is 33.0 Å². The highest BCUT2D eigenvalue weighted by Crippen LogP contribution is 2.24. The first-order valence-electron chi connectivity index (χ1n) is 7.49. The molecule has 1 aromatic carbocycles. The highest BCUT2D eigenvalue weighted by atomic mass is 32.2. The molecule has 1 saturated carbocycles. The van der Waals surface area contributed by atoms with Gasteiger partial charge in [0.05, 0.1) is 12.8 Å². The minimum Gasteiger partial charge on any atom is -0.347 e. The Bertz CT molecular complexity index is 664. The van der Waals surface area contributed by atoms with Crippen LogP contribution in [0.15, 0.2) is 24.3 Å². The molecule has 0 aromatic heterocycles. The van der Waals surface area contributed by atoms with Crippen molar-refractivity contribution in [2.45, 2.75) is 25.7 Å². The molecular weight excluding hydrogens is 318 g/mol. The van der Waals surface area contributed by atoms with E-state index in [-0.39, 0.29) is 24.3 Å². The molecule has 1 aliphatic rings. The summed E-state index contributed by atoms with van der Waals surface area (Å²) in [5.74, 6) is -0.352. The van der Waals surface area contributed by atoms with Gasteiger partial charge in [-0.2, -0.15) is 0 Å². The summed E-state index contributed by atoms with van der Waals surface area (Å²) >= 11 is 0. The number of sulfonamides is 1. The Morgan fingerprint density at radius 1 is 1.09 bits per heavy atom. The topological polar surface area (TPSA) is 104 Å². The summed E-state index contributed by atoms with van der Waals surface area (Å²) < 4.78 is 24.5. The summed E-state index contributed by atoms with van der Waals surface area (Å²) in [7, 11) is -3.32. The summed E-state index contributed by atoms with van der Waals surface area (Å²) in [4.78, 5) is 23.6. The van der Waals surface area contributed by atoms with Crippen LogP contribution in [0.25, 0.3) is 0 Å². The number of carbonyl (C=O) groups excluding carboxylic acids is 2. The Hall–Kier alpha value is -2.09. The number of hydrogen-bond acceptors (Lipinski definition) is 4. The maximum Gasteiger partial charge on any atom is 0.243 e. The molecule has 3 N–H and O–H groups in total. The van der Waals surface area contributed by atoms with Crippen molar-refractivity contribution in [1.29, 1.82) is 0 Å². The van der Waals surface area contributed by atoms with Crippen molar-refractivity contribution in [3.8, 4) is 0 Å². The van der Waals surface area contributed by atoms with E-state index in [1.165, 1.54) is 0 Å². The summed E-state index contributed by atoms with van der Waals surface area (Å²) in [6.45, 7) is -0.0708. The van der Waals surface area contributed by atoms with Gasteiger partial charge in [0, 0.05) is 17.3 Å². The molecule has 0 bridgehead atoms. The van der Waals surface area contributed by atoms with E-state index in [0.717, 1.165) is 31.9 Å². The molecule has 0 saturated heterocycles. The van der Waals surface area contributed by atoms with Crippen molar-refractivity contribution < 1.29 is 18.0 Å². The second kappa shape index (κ2) is 7.45. The predicted molar refractivity (Wildman–Crippen MR) is 88.5 cm³/mol. The van der Waals surface area contributed by atoms with Crippen LogP contribution in [0.5, 0.6) is 0 Å². The van der Waals surface area contributed by atoms with Gasteiger partial charge in [-0.25, -0.2) is 8.42 Å². The number of hydrogen-bond donors (Lipinski definition) is 3. The second-order valence-electron chi connectivity index (χ2n) is 5.70. The van der Waals surface area contributed by atoms with Crippen LogP contribution in [0.3, 0.4) is 0 Å². The number of anilines is 2. The minimum atomic E-state index is -3.32.